The zero-order chi connectivity index (χ0) is 69.6. The van der Waals surface area contributed by atoms with E-state index in [9.17, 15) is 33.9 Å². The molecule has 4 aromatic carbocycles. The molecular weight excluding hydrogens is 1230 g/mol. The first-order valence-corrected chi connectivity index (χ1v) is 35.3. The number of benzene rings is 4. The fourth-order valence-corrected chi connectivity index (χ4v) is 14.2. The predicted molar refractivity (Wildman–Crippen MR) is 381 cm³/mol. The van der Waals surface area contributed by atoms with E-state index in [1.165, 1.54) is 98.0 Å². The lowest BCUT2D eigenvalue weighted by atomic mass is 9.71. The highest BCUT2D eigenvalue weighted by Gasteiger charge is 2.31. The molecular formula is C80H100N8O10. The molecule has 2 fully saturated rings. The van der Waals surface area contributed by atoms with Crippen LogP contribution in [0.25, 0.3) is 33.9 Å². The number of ether oxygens (including phenoxy) is 3. The van der Waals surface area contributed by atoms with Gasteiger partial charge in [0, 0.05) is 60.1 Å². The highest BCUT2D eigenvalue weighted by atomic mass is 16.6. The largest absolute Gasteiger partial charge is 0.497 e. The summed E-state index contributed by atoms with van der Waals surface area (Å²) in [6.07, 6.45) is 33.5. The van der Waals surface area contributed by atoms with Crippen molar-refractivity contribution in [2.24, 2.45) is 35.5 Å². The van der Waals surface area contributed by atoms with Crippen LogP contribution >= 0.6 is 0 Å². The summed E-state index contributed by atoms with van der Waals surface area (Å²) in [6, 6.07) is 29.4. The minimum Gasteiger partial charge on any atom is -0.497 e. The fraction of sp³-hybridized carbons (Fsp3) is 0.475. The first kappa shape index (κ1) is 73.2. The number of nitrogens with zero attached hydrogens (tertiary/aromatic N) is 6. The molecule has 0 spiro atoms. The predicted octanol–water partition coefficient (Wildman–Crippen LogP) is 13.9. The Morgan fingerprint density at radius 3 is 1.17 bits per heavy atom. The molecule has 0 radical (unpaired) electrons. The molecule has 0 bridgehead atoms. The number of amides is 4. The number of hydrogen-bond donors (Lipinski definition) is 3. The molecule has 10 rings (SSSR count). The summed E-state index contributed by atoms with van der Waals surface area (Å²) in [5, 5.41) is 14.7. The van der Waals surface area contributed by atoms with Crippen molar-refractivity contribution in [1.29, 1.82) is 0 Å². The van der Waals surface area contributed by atoms with Gasteiger partial charge in [0.25, 0.3) is 0 Å². The fourth-order valence-electron chi connectivity index (χ4n) is 14.2. The summed E-state index contributed by atoms with van der Waals surface area (Å²) in [6.45, 7) is 9.00. The van der Waals surface area contributed by atoms with Crippen molar-refractivity contribution in [3.8, 4) is 34.3 Å². The number of carboxylic acids is 1. The number of carbonyl (C=O) groups is 6. The van der Waals surface area contributed by atoms with E-state index in [0.29, 0.717) is 23.1 Å². The molecule has 2 saturated carbocycles. The van der Waals surface area contributed by atoms with Crippen LogP contribution in [0.4, 0.5) is 0 Å². The normalized spacial score (nSPS) is 19.2. The van der Waals surface area contributed by atoms with Gasteiger partial charge in [0.15, 0.2) is 11.6 Å². The van der Waals surface area contributed by atoms with E-state index in [0.717, 1.165) is 106 Å². The van der Waals surface area contributed by atoms with Gasteiger partial charge in [-0.3, -0.25) is 28.8 Å². The lowest BCUT2D eigenvalue weighted by Gasteiger charge is -2.35. The lowest BCUT2D eigenvalue weighted by molar-refractivity contribution is -0.159. The zero-order valence-corrected chi connectivity index (χ0v) is 58.4. The van der Waals surface area contributed by atoms with Crippen LogP contribution in [-0.4, -0.2) is 116 Å². The summed E-state index contributed by atoms with van der Waals surface area (Å²) in [7, 11) is 3.15. The first-order valence-electron chi connectivity index (χ1n) is 35.3. The minimum atomic E-state index is -1.13. The van der Waals surface area contributed by atoms with Crippen LogP contribution < -0.4 is 20.1 Å². The Morgan fingerprint density at radius 2 is 0.847 bits per heavy atom. The van der Waals surface area contributed by atoms with Crippen LogP contribution in [0, 0.1) is 35.5 Å². The van der Waals surface area contributed by atoms with Crippen LogP contribution in [-0.2, 0) is 59.4 Å². The van der Waals surface area contributed by atoms with Crippen LogP contribution in [0.5, 0.6) is 11.5 Å². The number of aromatic nitrogens is 4. The summed E-state index contributed by atoms with van der Waals surface area (Å²) in [5.41, 5.74) is 9.01. The number of hydrogen-bond acceptors (Lipinski definition) is 13. The Labute approximate surface area is 578 Å². The molecule has 2 unspecified atom stereocenters. The second-order valence-corrected chi connectivity index (χ2v) is 28.0. The summed E-state index contributed by atoms with van der Waals surface area (Å²) >= 11 is 0. The first-order chi connectivity index (χ1) is 47.3. The van der Waals surface area contributed by atoms with Gasteiger partial charge in [-0.1, -0.05) is 137 Å². The molecule has 3 N–H and O–H groups in total. The van der Waals surface area contributed by atoms with E-state index >= 15 is 0 Å². The number of carboxylic acid groups (broad SMARTS) is 1. The van der Waals surface area contributed by atoms with Gasteiger partial charge in [0.1, 0.15) is 30.2 Å². The van der Waals surface area contributed by atoms with Crippen LogP contribution in [0.2, 0.25) is 0 Å². The van der Waals surface area contributed by atoms with Gasteiger partial charge >= 0.3 is 11.9 Å². The van der Waals surface area contributed by atoms with Crippen LogP contribution in [0.3, 0.4) is 0 Å². The van der Waals surface area contributed by atoms with Gasteiger partial charge in [-0.25, -0.2) is 19.9 Å². The number of allylic oxidation sites excluding steroid dienone is 4. The van der Waals surface area contributed by atoms with Gasteiger partial charge in [0.05, 0.1) is 40.2 Å². The van der Waals surface area contributed by atoms with E-state index in [1.807, 2.05) is 73.3 Å². The molecule has 6 aromatic rings. The van der Waals surface area contributed by atoms with Crippen molar-refractivity contribution >= 4 is 46.7 Å². The van der Waals surface area contributed by atoms with Gasteiger partial charge in [0.2, 0.25) is 23.6 Å². The molecule has 98 heavy (non-hydrogen) atoms. The summed E-state index contributed by atoms with van der Waals surface area (Å²) < 4.78 is 15.8. The Bertz CT molecular complexity index is 3650. The van der Waals surface area contributed by atoms with Gasteiger partial charge in [-0.15, -0.1) is 0 Å². The van der Waals surface area contributed by atoms with E-state index < -0.39 is 30.0 Å². The molecule has 2 aromatic heterocycles. The average Bonchev–Trinajstić information content (AvgIpc) is 0.853. The van der Waals surface area contributed by atoms with Crippen molar-refractivity contribution in [2.75, 3.05) is 40.4 Å². The highest BCUT2D eigenvalue weighted by molar-refractivity contribution is 5.89. The number of carbonyl (C=O) groups excluding carboxylic acids is 5. The minimum absolute atomic E-state index is 0.0920. The summed E-state index contributed by atoms with van der Waals surface area (Å²) in [4.78, 5) is 96.8. The second-order valence-electron chi connectivity index (χ2n) is 28.0. The molecule has 4 amide bonds. The third-order valence-electron chi connectivity index (χ3n) is 20.1. The second kappa shape index (κ2) is 36.0. The number of rotatable bonds is 26. The maximum Gasteiger partial charge on any atom is 0.326 e. The number of esters is 1. The van der Waals surface area contributed by atoms with Gasteiger partial charge in [-0.05, 0) is 178 Å². The van der Waals surface area contributed by atoms with E-state index in [4.69, 9.17) is 24.2 Å². The number of nitrogens with one attached hydrogen (secondary N) is 2. The molecule has 2 heterocycles. The Kier molecular flexibility index (Phi) is 26.9. The Morgan fingerprint density at radius 1 is 0.480 bits per heavy atom. The maximum atomic E-state index is 13.3. The highest BCUT2D eigenvalue weighted by Crippen LogP contribution is 2.43. The smallest absolute Gasteiger partial charge is 0.326 e. The van der Waals surface area contributed by atoms with E-state index in [2.05, 4.69) is 46.6 Å². The van der Waals surface area contributed by atoms with Gasteiger partial charge < -0.3 is 39.8 Å². The topological polar surface area (TPSA) is 232 Å². The maximum absolute atomic E-state index is 13.3. The number of aliphatic carboxylic acids is 1. The van der Waals surface area contributed by atoms with Crippen molar-refractivity contribution in [2.45, 2.75) is 169 Å². The molecule has 18 nitrogen and oxygen atoms in total. The molecule has 0 aliphatic heterocycles. The molecule has 2 atom stereocenters. The molecule has 4 aliphatic carbocycles. The monoisotopic (exact) mass is 1330 g/mol. The molecule has 4 aliphatic rings. The van der Waals surface area contributed by atoms with Crippen LogP contribution in [0.1, 0.15) is 171 Å². The van der Waals surface area contributed by atoms with Crippen molar-refractivity contribution in [1.82, 2.24) is 40.4 Å². The Balaban J connectivity index is 0.000000230. The van der Waals surface area contributed by atoms with E-state index in [1.54, 1.807) is 83.5 Å². The Hall–Kier alpha value is -9.06. The molecule has 18 heteroatoms. The average molecular weight is 1330 g/mol. The third-order valence-corrected chi connectivity index (χ3v) is 20.1. The summed E-state index contributed by atoms with van der Waals surface area (Å²) in [5.74, 6) is 4.73. The van der Waals surface area contributed by atoms with Crippen molar-refractivity contribution in [3.05, 3.63) is 167 Å². The zero-order valence-electron chi connectivity index (χ0n) is 58.4. The molecule has 0 saturated heterocycles. The third kappa shape index (κ3) is 22.2. The quantitative estimate of drug-likeness (QED) is 0.0429. The van der Waals surface area contributed by atoms with Crippen molar-refractivity contribution < 1.29 is 48.1 Å². The van der Waals surface area contributed by atoms with Crippen LogP contribution in [0.15, 0.2) is 134 Å². The van der Waals surface area contributed by atoms with E-state index in [-0.39, 0.29) is 63.3 Å². The lowest BCUT2D eigenvalue weighted by Crippen LogP contribution is -2.43. The number of methoxy groups -OCH3 is 2. The van der Waals surface area contributed by atoms with Gasteiger partial charge in [-0.2, -0.15) is 0 Å². The molecule has 520 valence electrons. The standard InChI is InChI=1S/C42H54N4O5.C38H46N4O5/c1-6-29-7-13-32(14-8-29)33-17-19-34(20-18-33)36-24-44-41(45-25-36)35-15-9-31(10-16-35)27-46(28-40(49)51-42(2,3)4)39(48)26-43-38(47)23-30-11-21-37(50-5)22-12-30;1-3-26-4-10-29(11-5-26)30-14-16-31(17-15-30)33-21-40-38(41-22-33)32-12-6-28(7-13-32)24-42(25-37(45)46)36(44)23-39-35(43)20-27-8-18-34(47-2)19-9-27/h9-12,15-16,19,21-22,24-25,29,32-33H,6-8,13-14,17-18,20,23,26-28H2,1-5H3,(H,43,47);6-9,12-13,16,18-19,21-22,26,29-30H,3-5,10-11,14-15,17,20,23-25H2,1-2H3,(H,39,43)(H,45,46). The van der Waals surface area contributed by atoms with Crippen molar-refractivity contribution in [3.63, 3.8) is 0 Å². The SMILES string of the molecule is CCC1CCC(C2CC=C(c3cnc(-c4ccc(CN(CC(=O)O)C(=O)CNC(=O)Cc5ccc(OC)cc5)cc4)nc3)CC2)CC1.CCC1CCC(C2CC=C(c3cnc(-c4ccc(CN(CC(=O)OC(C)(C)C)C(=O)CNC(=O)Cc5ccc(OC)cc5)cc4)nc3)CC2)CC1.